The number of rotatable bonds is 3. The van der Waals surface area contributed by atoms with Crippen molar-refractivity contribution in [2.75, 3.05) is 0 Å². The molecule has 0 amide bonds. The van der Waals surface area contributed by atoms with E-state index in [4.69, 9.17) is 5.10 Å². The van der Waals surface area contributed by atoms with E-state index in [-0.39, 0.29) is 0 Å². The molecule has 2 heteroatoms. The second kappa shape index (κ2) is 4.45. The predicted octanol–water partition coefficient (Wildman–Crippen LogP) is 3.84. The smallest absolute Gasteiger partial charge is 0.0879 e. The first-order valence-corrected chi connectivity index (χ1v) is 6.61. The lowest BCUT2D eigenvalue weighted by molar-refractivity contribution is 0.553. The van der Waals surface area contributed by atoms with Gasteiger partial charge in [-0.3, -0.25) is 4.68 Å². The third-order valence-corrected chi connectivity index (χ3v) is 3.76. The van der Waals surface area contributed by atoms with Crippen molar-refractivity contribution in [1.82, 2.24) is 9.78 Å². The number of allylic oxidation sites excluding steroid dienone is 1. The summed E-state index contributed by atoms with van der Waals surface area (Å²) in [4.78, 5) is 0. The normalized spacial score (nSPS) is 17.7. The minimum Gasteiger partial charge on any atom is -0.261 e. The molecule has 0 aliphatic carbocycles. The molecule has 1 aromatic heterocycles. The van der Waals surface area contributed by atoms with Crippen LogP contribution in [0.2, 0.25) is 0 Å². The van der Waals surface area contributed by atoms with Crippen molar-refractivity contribution in [3.8, 4) is 0 Å². The average molecular weight is 238 g/mol. The summed E-state index contributed by atoms with van der Waals surface area (Å²) in [6.07, 6.45) is 3.24. The van der Waals surface area contributed by atoms with E-state index in [1.165, 1.54) is 11.3 Å². The predicted molar refractivity (Wildman–Crippen MR) is 74.5 cm³/mol. The van der Waals surface area contributed by atoms with E-state index in [2.05, 4.69) is 54.6 Å². The molecular formula is C16H18N2. The van der Waals surface area contributed by atoms with Crippen molar-refractivity contribution >= 4 is 5.57 Å². The molecule has 18 heavy (non-hydrogen) atoms. The van der Waals surface area contributed by atoms with Crippen LogP contribution < -0.4 is 0 Å². The first-order valence-electron chi connectivity index (χ1n) is 6.61. The lowest BCUT2D eigenvalue weighted by Gasteiger charge is -2.12. The molecule has 0 radical (unpaired) electrons. The summed E-state index contributed by atoms with van der Waals surface area (Å²) in [6.45, 7) is 6.20. The van der Waals surface area contributed by atoms with Gasteiger partial charge in [0.25, 0.3) is 0 Å². The quantitative estimate of drug-likeness (QED) is 0.794. The Morgan fingerprint density at radius 3 is 2.89 bits per heavy atom. The fraction of sp³-hybridized carbons (Fsp3) is 0.312. The zero-order valence-electron chi connectivity index (χ0n) is 10.8. The Labute approximate surface area is 108 Å². The molecule has 2 heterocycles. The number of aryl methyl sites for hydroxylation is 1. The van der Waals surface area contributed by atoms with Crippen LogP contribution in [0.15, 0.2) is 43.0 Å². The minimum absolute atomic E-state index is 0.402. The maximum absolute atomic E-state index is 4.74. The van der Waals surface area contributed by atoms with E-state index in [1.54, 1.807) is 0 Å². The fourth-order valence-corrected chi connectivity index (χ4v) is 2.63. The molecule has 0 saturated heterocycles. The monoisotopic (exact) mass is 238 g/mol. The number of nitrogens with zero attached hydrogens (tertiary/aromatic N) is 2. The Morgan fingerprint density at radius 2 is 2.17 bits per heavy atom. The first-order chi connectivity index (χ1) is 8.79. The van der Waals surface area contributed by atoms with Gasteiger partial charge in [0.05, 0.1) is 11.7 Å². The molecule has 0 bridgehead atoms. The lowest BCUT2D eigenvalue weighted by Crippen LogP contribution is -2.07. The third kappa shape index (κ3) is 1.78. The number of benzene rings is 1. The van der Waals surface area contributed by atoms with E-state index in [0.29, 0.717) is 6.04 Å². The van der Waals surface area contributed by atoms with Gasteiger partial charge in [0.1, 0.15) is 0 Å². The van der Waals surface area contributed by atoms with Gasteiger partial charge in [-0.1, -0.05) is 43.8 Å². The molecule has 0 fully saturated rings. The molecule has 1 aliphatic heterocycles. The van der Waals surface area contributed by atoms with E-state index in [9.17, 15) is 0 Å². The maximum atomic E-state index is 4.74. The Hall–Kier alpha value is -1.83. The highest BCUT2D eigenvalue weighted by molar-refractivity contribution is 5.60. The van der Waals surface area contributed by atoms with Gasteiger partial charge in [-0.05, 0) is 36.5 Å². The fourth-order valence-electron chi connectivity index (χ4n) is 2.63. The number of hydrogen-bond donors (Lipinski definition) is 0. The van der Waals surface area contributed by atoms with Crippen LogP contribution >= 0.6 is 0 Å². The van der Waals surface area contributed by atoms with E-state index in [1.807, 2.05) is 0 Å². The Kier molecular flexibility index (Phi) is 2.78. The molecular weight excluding hydrogens is 220 g/mol. The minimum atomic E-state index is 0.402. The van der Waals surface area contributed by atoms with Crippen LogP contribution in [0.1, 0.15) is 42.8 Å². The number of hydrogen-bond acceptors (Lipinski definition) is 1. The summed E-state index contributed by atoms with van der Waals surface area (Å²) in [5.41, 5.74) is 4.89. The molecule has 0 saturated carbocycles. The van der Waals surface area contributed by atoms with Crippen LogP contribution in [0.4, 0.5) is 0 Å². The van der Waals surface area contributed by atoms with Crippen molar-refractivity contribution in [1.29, 1.82) is 0 Å². The van der Waals surface area contributed by atoms with Crippen molar-refractivity contribution in [3.63, 3.8) is 0 Å². The molecule has 3 rings (SSSR count). The summed E-state index contributed by atoms with van der Waals surface area (Å²) in [5, 5.41) is 4.74. The SMILES string of the molecule is C=C(CC)c1cc2n(n1)C(c1ccccc1)CC2. The van der Waals surface area contributed by atoms with Crippen molar-refractivity contribution in [2.24, 2.45) is 0 Å². The second-order valence-electron chi connectivity index (χ2n) is 4.89. The molecule has 2 nitrogen and oxygen atoms in total. The molecule has 0 spiro atoms. The standard InChI is InChI=1S/C16H18N2/c1-3-12(2)15-11-14-9-10-16(18(14)17-15)13-7-5-4-6-8-13/h4-8,11,16H,2-3,9-10H2,1H3. The Bertz CT molecular complexity index is 566. The van der Waals surface area contributed by atoms with Crippen LogP contribution in [0.3, 0.4) is 0 Å². The summed E-state index contributed by atoms with van der Waals surface area (Å²) < 4.78 is 2.19. The van der Waals surface area contributed by atoms with Gasteiger partial charge in [-0.2, -0.15) is 5.10 Å². The highest BCUT2D eigenvalue weighted by Crippen LogP contribution is 2.32. The van der Waals surface area contributed by atoms with Crippen molar-refractivity contribution in [2.45, 2.75) is 32.2 Å². The topological polar surface area (TPSA) is 17.8 Å². The van der Waals surface area contributed by atoms with Gasteiger partial charge >= 0.3 is 0 Å². The van der Waals surface area contributed by atoms with E-state index in [0.717, 1.165) is 30.5 Å². The van der Waals surface area contributed by atoms with Gasteiger partial charge in [0.15, 0.2) is 0 Å². The summed E-state index contributed by atoms with van der Waals surface area (Å²) >= 11 is 0. The van der Waals surface area contributed by atoms with Gasteiger partial charge in [-0.15, -0.1) is 0 Å². The van der Waals surface area contributed by atoms with E-state index >= 15 is 0 Å². The van der Waals surface area contributed by atoms with Gasteiger partial charge in [-0.25, -0.2) is 0 Å². The molecule has 1 unspecified atom stereocenters. The Morgan fingerprint density at radius 1 is 1.39 bits per heavy atom. The molecule has 1 aromatic carbocycles. The molecule has 1 aliphatic rings. The summed E-state index contributed by atoms with van der Waals surface area (Å²) in [6, 6.07) is 13.2. The van der Waals surface area contributed by atoms with E-state index < -0.39 is 0 Å². The zero-order chi connectivity index (χ0) is 12.5. The largest absolute Gasteiger partial charge is 0.261 e. The van der Waals surface area contributed by atoms with Gasteiger partial charge in [0, 0.05) is 5.69 Å². The molecule has 92 valence electrons. The lowest BCUT2D eigenvalue weighted by atomic mass is 10.0. The average Bonchev–Trinajstić information content (AvgIpc) is 2.98. The van der Waals surface area contributed by atoms with Gasteiger partial charge < -0.3 is 0 Å². The Balaban J connectivity index is 1.97. The molecule has 2 aromatic rings. The van der Waals surface area contributed by atoms with Crippen LogP contribution in [0.25, 0.3) is 5.57 Å². The van der Waals surface area contributed by atoms with Crippen LogP contribution in [-0.4, -0.2) is 9.78 Å². The highest BCUT2D eigenvalue weighted by Gasteiger charge is 2.25. The van der Waals surface area contributed by atoms with Crippen LogP contribution in [-0.2, 0) is 6.42 Å². The first kappa shape index (κ1) is 11.3. The molecule has 0 N–H and O–H groups in total. The van der Waals surface area contributed by atoms with Crippen molar-refractivity contribution < 1.29 is 0 Å². The van der Waals surface area contributed by atoms with Gasteiger partial charge in [0.2, 0.25) is 0 Å². The number of fused-ring (bicyclic) bond motifs is 1. The highest BCUT2D eigenvalue weighted by atomic mass is 15.3. The molecule has 1 atom stereocenters. The van der Waals surface area contributed by atoms with Crippen LogP contribution in [0, 0.1) is 0 Å². The van der Waals surface area contributed by atoms with Crippen molar-refractivity contribution in [3.05, 3.63) is 59.9 Å². The number of aromatic nitrogens is 2. The maximum Gasteiger partial charge on any atom is 0.0879 e. The summed E-state index contributed by atoms with van der Waals surface area (Å²) in [5.74, 6) is 0. The third-order valence-electron chi connectivity index (χ3n) is 3.76. The zero-order valence-corrected chi connectivity index (χ0v) is 10.8. The summed E-state index contributed by atoms with van der Waals surface area (Å²) in [7, 11) is 0. The van der Waals surface area contributed by atoms with Crippen LogP contribution in [0.5, 0.6) is 0 Å². The second-order valence-corrected chi connectivity index (χ2v) is 4.89.